The van der Waals surface area contributed by atoms with Crippen molar-refractivity contribution in [3.8, 4) is 17.2 Å². The van der Waals surface area contributed by atoms with E-state index in [-0.39, 0.29) is 5.75 Å². The number of halogens is 2. The summed E-state index contributed by atoms with van der Waals surface area (Å²) >= 11 is 9.27. The maximum absolute atomic E-state index is 12.4. The monoisotopic (exact) mass is 544 g/mol. The molecule has 1 unspecified atom stereocenters. The van der Waals surface area contributed by atoms with E-state index in [1.165, 1.54) is 13.3 Å². The van der Waals surface area contributed by atoms with Gasteiger partial charge in [0, 0.05) is 9.50 Å². The van der Waals surface area contributed by atoms with E-state index >= 15 is 0 Å². The number of rotatable bonds is 8. The van der Waals surface area contributed by atoms with Crippen molar-refractivity contribution in [1.82, 2.24) is 5.43 Å². The maximum atomic E-state index is 12.4. The van der Waals surface area contributed by atoms with Gasteiger partial charge in [-0.15, -0.1) is 0 Å². The molecule has 34 heavy (non-hydrogen) atoms. The molecule has 0 fully saturated rings. The van der Waals surface area contributed by atoms with E-state index in [4.69, 9.17) is 25.8 Å². The van der Waals surface area contributed by atoms with Gasteiger partial charge in [0.25, 0.3) is 5.91 Å². The van der Waals surface area contributed by atoms with Gasteiger partial charge < -0.3 is 14.2 Å². The predicted octanol–water partition coefficient (Wildman–Crippen LogP) is 5.56. The van der Waals surface area contributed by atoms with Crippen molar-refractivity contribution in [2.45, 2.75) is 20.0 Å². The van der Waals surface area contributed by atoms with Crippen LogP contribution in [0.25, 0.3) is 0 Å². The Morgan fingerprint density at radius 1 is 1.03 bits per heavy atom. The third kappa shape index (κ3) is 6.82. The molecule has 0 spiro atoms. The molecule has 3 aromatic rings. The minimum Gasteiger partial charge on any atom is -0.493 e. The van der Waals surface area contributed by atoms with Crippen LogP contribution >= 0.6 is 27.5 Å². The van der Waals surface area contributed by atoms with Gasteiger partial charge in [-0.05, 0) is 85.6 Å². The van der Waals surface area contributed by atoms with Gasteiger partial charge in [-0.1, -0.05) is 27.5 Å². The molecular formula is C25H22BrClN2O5. The smallest absolute Gasteiger partial charge is 0.343 e. The van der Waals surface area contributed by atoms with E-state index in [9.17, 15) is 9.59 Å². The molecule has 7 nitrogen and oxygen atoms in total. The van der Waals surface area contributed by atoms with Crippen LogP contribution < -0.4 is 19.6 Å². The molecule has 0 heterocycles. The van der Waals surface area contributed by atoms with Crippen molar-refractivity contribution in [3.63, 3.8) is 0 Å². The van der Waals surface area contributed by atoms with Crippen molar-refractivity contribution >= 4 is 45.6 Å². The van der Waals surface area contributed by atoms with Crippen LogP contribution in [-0.4, -0.2) is 31.3 Å². The molecule has 0 bridgehead atoms. The zero-order chi connectivity index (χ0) is 24.7. The molecule has 0 aliphatic carbocycles. The van der Waals surface area contributed by atoms with Gasteiger partial charge >= 0.3 is 5.97 Å². The number of methoxy groups -OCH3 is 1. The van der Waals surface area contributed by atoms with Crippen LogP contribution in [0.1, 0.15) is 28.4 Å². The Hall–Kier alpha value is -3.36. The number of hydrogen-bond acceptors (Lipinski definition) is 6. The van der Waals surface area contributed by atoms with Crippen molar-refractivity contribution in [2.24, 2.45) is 5.10 Å². The van der Waals surface area contributed by atoms with Gasteiger partial charge in [-0.3, -0.25) is 4.79 Å². The summed E-state index contributed by atoms with van der Waals surface area (Å²) in [5.74, 6) is 0.239. The molecule has 0 aliphatic rings. The number of hydrazone groups is 1. The SMILES string of the molecule is COc1cc(C=NNC(=O)C(C)Oc2ccc(Cl)cc2C)ccc1OC(=O)c1ccc(Br)cc1. The largest absolute Gasteiger partial charge is 0.493 e. The van der Waals surface area contributed by atoms with E-state index in [1.54, 1.807) is 67.6 Å². The van der Waals surface area contributed by atoms with Gasteiger partial charge in [0.2, 0.25) is 0 Å². The first-order valence-corrected chi connectivity index (χ1v) is 11.4. The predicted molar refractivity (Wildman–Crippen MR) is 134 cm³/mol. The van der Waals surface area contributed by atoms with Crippen LogP contribution in [0, 0.1) is 6.92 Å². The number of nitrogens with zero attached hydrogens (tertiary/aromatic N) is 1. The summed E-state index contributed by atoms with van der Waals surface area (Å²) in [6.45, 7) is 3.47. The number of amides is 1. The van der Waals surface area contributed by atoms with E-state index in [2.05, 4.69) is 26.5 Å². The normalized spacial score (nSPS) is 11.7. The van der Waals surface area contributed by atoms with Crippen molar-refractivity contribution in [1.29, 1.82) is 0 Å². The summed E-state index contributed by atoms with van der Waals surface area (Å²) in [6, 6.07) is 16.9. The van der Waals surface area contributed by atoms with Crippen molar-refractivity contribution < 1.29 is 23.8 Å². The fourth-order valence-electron chi connectivity index (χ4n) is 2.84. The van der Waals surface area contributed by atoms with Gasteiger partial charge in [0.1, 0.15) is 5.75 Å². The number of aryl methyl sites for hydroxylation is 1. The zero-order valence-corrected chi connectivity index (χ0v) is 21.0. The third-order valence-corrected chi connectivity index (χ3v) is 5.43. The van der Waals surface area contributed by atoms with Gasteiger partial charge in [0.05, 0.1) is 18.9 Å². The van der Waals surface area contributed by atoms with E-state index in [1.807, 2.05) is 6.92 Å². The second-order valence-electron chi connectivity index (χ2n) is 7.21. The highest BCUT2D eigenvalue weighted by Gasteiger charge is 2.16. The minimum atomic E-state index is -0.771. The number of esters is 1. The Labute approximate surface area is 210 Å². The van der Waals surface area contributed by atoms with E-state index in [0.29, 0.717) is 27.6 Å². The van der Waals surface area contributed by atoms with Crippen molar-refractivity contribution in [2.75, 3.05) is 7.11 Å². The number of benzene rings is 3. The highest BCUT2D eigenvalue weighted by Crippen LogP contribution is 2.28. The van der Waals surface area contributed by atoms with Gasteiger partial charge in [-0.25, -0.2) is 10.2 Å². The molecule has 1 N–H and O–H groups in total. The van der Waals surface area contributed by atoms with Crippen LogP contribution in [0.4, 0.5) is 0 Å². The molecule has 176 valence electrons. The molecule has 0 aliphatic heterocycles. The van der Waals surface area contributed by atoms with E-state index < -0.39 is 18.0 Å². The van der Waals surface area contributed by atoms with Crippen LogP contribution in [0.2, 0.25) is 5.02 Å². The Kier molecular flexibility index (Phi) is 8.67. The summed E-state index contributed by atoms with van der Waals surface area (Å²) in [6.07, 6.45) is 0.674. The second kappa shape index (κ2) is 11.7. The topological polar surface area (TPSA) is 86.2 Å². The van der Waals surface area contributed by atoms with Crippen LogP contribution in [-0.2, 0) is 4.79 Å². The van der Waals surface area contributed by atoms with Gasteiger partial charge in [-0.2, -0.15) is 5.10 Å². The first-order chi connectivity index (χ1) is 16.3. The Bertz CT molecular complexity index is 1210. The molecule has 0 saturated heterocycles. The standard InChI is InChI=1S/C25H22BrClN2O5/c1-15-12-20(27)9-11-21(15)33-16(2)24(30)29-28-14-17-4-10-22(23(13-17)32-3)34-25(31)18-5-7-19(26)8-6-18/h4-14,16H,1-3H3,(H,29,30). The molecule has 0 aromatic heterocycles. The average molecular weight is 546 g/mol. The fourth-order valence-corrected chi connectivity index (χ4v) is 3.33. The Balaban J connectivity index is 1.60. The summed E-state index contributed by atoms with van der Waals surface area (Å²) in [5, 5.41) is 4.56. The summed E-state index contributed by atoms with van der Waals surface area (Å²) < 4.78 is 17.3. The lowest BCUT2D eigenvalue weighted by molar-refractivity contribution is -0.127. The average Bonchev–Trinajstić information content (AvgIpc) is 2.81. The second-order valence-corrected chi connectivity index (χ2v) is 8.56. The molecule has 0 saturated carbocycles. The van der Waals surface area contributed by atoms with Gasteiger partial charge in [0.15, 0.2) is 17.6 Å². The number of ether oxygens (including phenoxy) is 3. The zero-order valence-electron chi connectivity index (χ0n) is 18.7. The number of carbonyl (C=O) groups is 2. The van der Waals surface area contributed by atoms with Crippen molar-refractivity contribution in [3.05, 3.63) is 86.8 Å². The first-order valence-electron chi connectivity index (χ1n) is 10.2. The molecular weight excluding hydrogens is 524 g/mol. The fraction of sp³-hybridized carbons (Fsp3) is 0.160. The van der Waals surface area contributed by atoms with E-state index in [0.717, 1.165) is 10.0 Å². The lowest BCUT2D eigenvalue weighted by Crippen LogP contribution is -2.33. The number of hydrogen-bond donors (Lipinski definition) is 1. The molecule has 1 amide bonds. The quantitative estimate of drug-likeness (QED) is 0.173. The first kappa shape index (κ1) is 25.3. The summed E-state index contributed by atoms with van der Waals surface area (Å²) in [7, 11) is 1.47. The highest BCUT2D eigenvalue weighted by molar-refractivity contribution is 9.10. The summed E-state index contributed by atoms with van der Waals surface area (Å²) in [4.78, 5) is 24.7. The highest BCUT2D eigenvalue weighted by atomic mass is 79.9. The number of carbonyl (C=O) groups excluding carboxylic acids is 2. The third-order valence-electron chi connectivity index (χ3n) is 4.67. The Morgan fingerprint density at radius 2 is 1.74 bits per heavy atom. The lowest BCUT2D eigenvalue weighted by Gasteiger charge is -2.15. The maximum Gasteiger partial charge on any atom is 0.343 e. The molecule has 3 aromatic carbocycles. The Morgan fingerprint density at radius 3 is 2.41 bits per heavy atom. The van der Waals surface area contributed by atoms with Crippen LogP contribution in [0.15, 0.2) is 70.2 Å². The molecule has 0 radical (unpaired) electrons. The van der Waals surface area contributed by atoms with Crippen LogP contribution in [0.5, 0.6) is 17.2 Å². The molecule has 1 atom stereocenters. The minimum absolute atomic E-state index is 0.261. The van der Waals surface area contributed by atoms with Crippen LogP contribution in [0.3, 0.4) is 0 Å². The molecule has 3 rings (SSSR count). The molecule has 9 heteroatoms. The lowest BCUT2D eigenvalue weighted by atomic mass is 10.2. The number of nitrogens with one attached hydrogen (secondary N) is 1. The summed E-state index contributed by atoms with van der Waals surface area (Å²) in [5.41, 5.74) is 4.30.